The minimum absolute atomic E-state index is 0.0493. The summed E-state index contributed by atoms with van der Waals surface area (Å²) in [7, 11) is 1.59. The molecule has 0 saturated carbocycles. The van der Waals surface area contributed by atoms with E-state index >= 15 is 0 Å². The van der Waals surface area contributed by atoms with Crippen molar-refractivity contribution >= 4 is 40.1 Å². The van der Waals surface area contributed by atoms with E-state index in [1.54, 1.807) is 49.5 Å². The Labute approximate surface area is 148 Å². The van der Waals surface area contributed by atoms with Crippen LogP contribution in [-0.4, -0.2) is 16.3 Å². The Kier molecular flexibility index (Phi) is 4.72. The van der Waals surface area contributed by atoms with Crippen LogP contribution in [-0.2, 0) is 11.8 Å². The highest BCUT2D eigenvalue weighted by Gasteiger charge is 2.11. The van der Waals surface area contributed by atoms with Crippen molar-refractivity contribution in [3.8, 4) is 0 Å². The van der Waals surface area contributed by atoms with Crippen LogP contribution in [0.2, 0.25) is 5.02 Å². The Balaban J connectivity index is 1.63. The average molecular weight is 359 g/mol. The number of halogens is 1. The normalized spacial score (nSPS) is 10.8. The number of rotatable bonds is 5. The minimum atomic E-state index is -0.467. The van der Waals surface area contributed by atoms with Gasteiger partial charge in [0, 0.05) is 36.2 Å². The van der Waals surface area contributed by atoms with E-state index in [4.69, 9.17) is 16.0 Å². The molecule has 0 aliphatic heterocycles. The minimum Gasteiger partial charge on any atom is -0.408 e. The third-order valence-corrected chi connectivity index (χ3v) is 4.04. The Bertz CT molecular complexity index is 1020. The molecule has 2 aromatic carbocycles. The maximum absolute atomic E-state index is 12.1. The maximum atomic E-state index is 12.1. The molecule has 1 N–H and O–H groups in total. The standard InChI is InChI=1S/C18H15ClN2O4/c1-21-14-10-13(5-7-16(14)25-18(21)24)20-17(23)8-6-15(22)11-3-2-4-12(19)9-11/h2-5,7,9-10H,6,8H2,1H3,(H,20,23). The van der Waals surface area contributed by atoms with Gasteiger partial charge in [-0.25, -0.2) is 4.79 Å². The first-order valence-corrected chi connectivity index (χ1v) is 8.00. The number of fused-ring (bicyclic) bond motifs is 1. The SMILES string of the molecule is Cn1c(=O)oc2ccc(NC(=O)CCC(=O)c3cccc(Cl)c3)cc21. The lowest BCUT2D eigenvalue weighted by atomic mass is 10.1. The van der Waals surface area contributed by atoms with Crippen LogP contribution in [0.5, 0.6) is 0 Å². The number of carbonyl (C=O) groups is 2. The molecule has 1 amide bonds. The quantitative estimate of drug-likeness (QED) is 0.709. The fourth-order valence-electron chi connectivity index (χ4n) is 2.46. The number of aromatic nitrogens is 1. The molecule has 25 heavy (non-hydrogen) atoms. The molecule has 0 aliphatic rings. The van der Waals surface area contributed by atoms with Gasteiger partial charge in [0.25, 0.3) is 0 Å². The number of hydrogen-bond donors (Lipinski definition) is 1. The first-order chi connectivity index (χ1) is 11.9. The Morgan fingerprint density at radius 1 is 1.16 bits per heavy atom. The highest BCUT2D eigenvalue weighted by Crippen LogP contribution is 2.18. The summed E-state index contributed by atoms with van der Waals surface area (Å²) in [5.74, 6) is -0.904. The summed E-state index contributed by atoms with van der Waals surface area (Å²) >= 11 is 5.86. The van der Waals surface area contributed by atoms with E-state index in [1.165, 1.54) is 4.57 Å². The Morgan fingerprint density at radius 3 is 2.72 bits per heavy atom. The fourth-order valence-corrected chi connectivity index (χ4v) is 2.65. The van der Waals surface area contributed by atoms with Crippen molar-refractivity contribution in [1.82, 2.24) is 4.57 Å². The van der Waals surface area contributed by atoms with Gasteiger partial charge in [0.05, 0.1) is 5.52 Å². The number of Topliss-reactive ketones (excluding diaryl/α,β-unsaturated/α-hetero) is 1. The van der Waals surface area contributed by atoms with Crippen LogP contribution in [0.15, 0.2) is 51.7 Å². The van der Waals surface area contributed by atoms with E-state index < -0.39 is 5.76 Å². The number of anilines is 1. The number of nitrogens with zero attached hydrogens (tertiary/aromatic N) is 1. The van der Waals surface area contributed by atoms with Crippen molar-refractivity contribution in [3.63, 3.8) is 0 Å². The Morgan fingerprint density at radius 2 is 1.96 bits per heavy atom. The smallest absolute Gasteiger partial charge is 0.408 e. The summed E-state index contributed by atoms with van der Waals surface area (Å²) in [6.07, 6.45) is 0.131. The zero-order valence-corrected chi connectivity index (χ0v) is 14.2. The van der Waals surface area contributed by atoms with Crippen molar-refractivity contribution in [1.29, 1.82) is 0 Å². The van der Waals surface area contributed by atoms with Crippen molar-refractivity contribution in [2.24, 2.45) is 7.05 Å². The first-order valence-electron chi connectivity index (χ1n) is 7.62. The molecular formula is C18H15ClN2O4. The summed E-state index contributed by atoms with van der Waals surface area (Å²) < 4.78 is 6.39. The molecule has 3 aromatic rings. The van der Waals surface area contributed by atoms with Crippen LogP contribution in [0, 0.1) is 0 Å². The topological polar surface area (TPSA) is 81.3 Å². The molecule has 0 unspecified atom stereocenters. The second kappa shape index (κ2) is 6.94. The van der Waals surface area contributed by atoms with Crippen molar-refractivity contribution in [3.05, 3.63) is 63.6 Å². The number of nitrogens with one attached hydrogen (secondary N) is 1. The van der Waals surface area contributed by atoms with Crippen molar-refractivity contribution in [2.75, 3.05) is 5.32 Å². The molecular weight excluding hydrogens is 344 g/mol. The van der Waals surface area contributed by atoms with Gasteiger partial charge in [-0.05, 0) is 30.3 Å². The largest absolute Gasteiger partial charge is 0.419 e. The Hall–Kier alpha value is -2.86. The van der Waals surface area contributed by atoms with E-state index in [-0.39, 0.29) is 24.5 Å². The monoisotopic (exact) mass is 358 g/mol. The number of oxazole rings is 1. The first kappa shape index (κ1) is 17.0. The number of aryl methyl sites for hydroxylation is 1. The van der Waals surface area contributed by atoms with Crippen LogP contribution in [0.3, 0.4) is 0 Å². The van der Waals surface area contributed by atoms with Gasteiger partial charge >= 0.3 is 5.76 Å². The predicted molar refractivity (Wildman–Crippen MR) is 95.1 cm³/mol. The molecule has 0 saturated heterocycles. The summed E-state index contributed by atoms with van der Waals surface area (Å²) in [6.45, 7) is 0. The van der Waals surface area contributed by atoms with Gasteiger partial charge < -0.3 is 9.73 Å². The highest BCUT2D eigenvalue weighted by atomic mass is 35.5. The third-order valence-electron chi connectivity index (χ3n) is 3.80. The number of ketones is 1. The zero-order valence-electron chi connectivity index (χ0n) is 13.4. The lowest BCUT2D eigenvalue weighted by molar-refractivity contribution is -0.116. The molecule has 6 nitrogen and oxygen atoms in total. The molecule has 0 aliphatic carbocycles. The van der Waals surface area contributed by atoms with Crippen LogP contribution in [0.4, 0.5) is 5.69 Å². The maximum Gasteiger partial charge on any atom is 0.419 e. The molecule has 1 heterocycles. The predicted octanol–water partition coefficient (Wildman–Crippen LogP) is 3.39. The van der Waals surface area contributed by atoms with E-state index in [0.29, 0.717) is 27.4 Å². The fraction of sp³-hybridized carbons (Fsp3) is 0.167. The van der Waals surface area contributed by atoms with Gasteiger partial charge in [0.1, 0.15) is 0 Å². The number of hydrogen-bond acceptors (Lipinski definition) is 4. The number of amides is 1. The van der Waals surface area contributed by atoms with Crippen LogP contribution in [0.1, 0.15) is 23.2 Å². The summed E-state index contributed by atoms with van der Waals surface area (Å²) in [6, 6.07) is 11.5. The lowest BCUT2D eigenvalue weighted by Crippen LogP contribution is -2.13. The molecule has 0 radical (unpaired) electrons. The molecule has 3 rings (SSSR count). The second-order valence-electron chi connectivity index (χ2n) is 5.59. The van der Waals surface area contributed by atoms with Crippen LogP contribution in [0.25, 0.3) is 11.1 Å². The molecule has 0 spiro atoms. The molecule has 128 valence electrons. The lowest BCUT2D eigenvalue weighted by Gasteiger charge is -2.05. The van der Waals surface area contributed by atoms with Crippen molar-refractivity contribution < 1.29 is 14.0 Å². The van der Waals surface area contributed by atoms with Gasteiger partial charge in [-0.2, -0.15) is 0 Å². The van der Waals surface area contributed by atoms with E-state index in [2.05, 4.69) is 5.32 Å². The highest BCUT2D eigenvalue weighted by molar-refractivity contribution is 6.31. The molecule has 7 heteroatoms. The molecule has 1 aromatic heterocycles. The van der Waals surface area contributed by atoms with Crippen molar-refractivity contribution in [2.45, 2.75) is 12.8 Å². The van der Waals surface area contributed by atoms with Gasteiger partial charge in [-0.1, -0.05) is 23.7 Å². The molecule has 0 bridgehead atoms. The molecule has 0 atom stereocenters. The summed E-state index contributed by atoms with van der Waals surface area (Å²) in [5.41, 5.74) is 2.04. The van der Waals surface area contributed by atoms with E-state index in [9.17, 15) is 14.4 Å². The third kappa shape index (κ3) is 3.80. The molecule has 0 fully saturated rings. The summed E-state index contributed by atoms with van der Waals surface area (Å²) in [5, 5.41) is 3.20. The van der Waals surface area contributed by atoms with Gasteiger partial charge in [0.2, 0.25) is 5.91 Å². The zero-order chi connectivity index (χ0) is 18.0. The number of carbonyl (C=O) groups excluding carboxylic acids is 2. The van der Waals surface area contributed by atoms with Gasteiger partial charge in [-0.3, -0.25) is 14.2 Å². The van der Waals surface area contributed by atoms with Crippen LogP contribution < -0.4 is 11.1 Å². The number of benzene rings is 2. The van der Waals surface area contributed by atoms with Crippen LogP contribution >= 0.6 is 11.6 Å². The van der Waals surface area contributed by atoms with Gasteiger partial charge in [0.15, 0.2) is 11.4 Å². The van der Waals surface area contributed by atoms with Gasteiger partial charge in [-0.15, -0.1) is 0 Å². The van der Waals surface area contributed by atoms with E-state index in [1.807, 2.05) is 0 Å². The van der Waals surface area contributed by atoms with E-state index in [0.717, 1.165) is 0 Å². The summed E-state index contributed by atoms with van der Waals surface area (Å²) in [4.78, 5) is 35.6. The average Bonchev–Trinajstić information content (AvgIpc) is 2.87. The second-order valence-corrected chi connectivity index (χ2v) is 6.03.